The first kappa shape index (κ1) is 9.00. The molecular formula is C9H15N3. The molecule has 3 nitrogen and oxygen atoms in total. The van der Waals surface area contributed by atoms with Gasteiger partial charge < -0.3 is 11.5 Å². The van der Waals surface area contributed by atoms with Crippen LogP contribution in [0.15, 0.2) is 12.3 Å². The average Bonchev–Trinajstić information content (AvgIpc) is 2.08. The van der Waals surface area contributed by atoms with Gasteiger partial charge in [0.25, 0.3) is 0 Å². The molecule has 12 heavy (non-hydrogen) atoms. The Morgan fingerprint density at radius 1 is 1.58 bits per heavy atom. The fraction of sp³-hybridized carbons (Fsp3) is 0.444. The summed E-state index contributed by atoms with van der Waals surface area (Å²) >= 11 is 0. The summed E-state index contributed by atoms with van der Waals surface area (Å²) in [6.07, 6.45) is 2.67. The minimum absolute atomic E-state index is 0.0804. The number of aryl methyl sites for hydroxylation is 1. The van der Waals surface area contributed by atoms with Gasteiger partial charge in [-0.1, -0.05) is 6.92 Å². The molecular weight excluding hydrogens is 150 g/mol. The van der Waals surface area contributed by atoms with Gasteiger partial charge in [0.1, 0.15) is 5.82 Å². The van der Waals surface area contributed by atoms with Gasteiger partial charge in [0.15, 0.2) is 0 Å². The Morgan fingerprint density at radius 3 is 2.75 bits per heavy atom. The fourth-order valence-corrected chi connectivity index (χ4v) is 1.05. The summed E-state index contributed by atoms with van der Waals surface area (Å²) in [5, 5.41) is 0. The molecule has 0 aliphatic heterocycles. The minimum atomic E-state index is 0.0804. The van der Waals surface area contributed by atoms with Gasteiger partial charge in [-0.05, 0) is 30.5 Å². The molecule has 0 aliphatic rings. The Morgan fingerprint density at radius 2 is 2.25 bits per heavy atom. The number of aromatic nitrogens is 1. The van der Waals surface area contributed by atoms with E-state index in [4.69, 9.17) is 11.5 Å². The molecule has 1 rings (SSSR count). The lowest BCUT2D eigenvalue weighted by Gasteiger charge is -2.09. The van der Waals surface area contributed by atoms with Crippen LogP contribution in [-0.4, -0.2) is 4.98 Å². The van der Waals surface area contributed by atoms with Crippen molar-refractivity contribution in [3.63, 3.8) is 0 Å². The second-order valence-corrected chi connectivity index (χ2v) is 2.99. The molecule has 1 aromatic rings. The third-order valence-electron chi connectivity index (χ3n) is 2.01. The molecule has 0 saturated carbocycles. The highest BCUT2D eigenvalue weighted by Gasteiger charge is 2.04. The Kier molecular flexibility index (Phi) is 2.65. The molecule has 0 bridgehead atoms. The van der Waals surface area contributed by atoms with Crippen molar-refractivity contribution in [2.24, 2.45) is 5.73 Å². The van der Waals surface area contributed by atoms with Crippen LogP contribution < -0.4 is 11.5 Å². The smallest absolute Gasteiger partial charge is 0.126 e. The highest BCUT2D eigenvalue weighted by Crippen LogP contribution is 2.16. The summed E-state index contributed by atoms with van der Waals surface area (Å²) in [7, 11) is 0. The number of nitrogen functional groups attached to an aromatic ring is 1. The molecule has 0 radical (unpaired) electrons. The first-order valence-corrected chi connectivity index (χ1v) is 4.12. The lowest BCUT2D eigenvalue weighted by Crippen LogP contribution is -2.09. The van der Waals surface area contributed by atoms with Crippen LogP contribution in [-0.2, 0) is 0 Å². The quantitative estimate of drug-likeness (QED) is 0.695. The lowest BCUT2D eigenvalue weighted by molar-refractivity contribution is 0.695. The Labute approximate surface area is 72.8 Å². The van der Waals surface area contributed by atoms with Gasteiger partial charge in [-0.3, -0.25) is 0 Å². The summed E-state index contributed by atoms with van der Waals surface area (Å²) < 4.78 is 0. The van der Waals surface area contributed by atoms with Crippen molar-refractivity contribution >= 4 is 5.82 Å². The standard InChI is InChI=1S/C9H15N3/c1-3-8(10)7-4-6(2)9(11)12-5-7/h4-5,8H,3,10H2,1-2H3,(H2,11,12)/t8-/m1/s1. The molecule has 0 fully saturated rings. The molecule has 3 heteroatoms. The van der Waals surface area contributed by atoms with Crippen LogP contribution in [0.1, 0.15) is 30.5 Å². The van der Waals surface area contributed by atoms with Gasteiger partial charge in [-0.2, -0.15) is 0 Å². The summed E-state index contributed by atoms with van der Waals surface area (Å²) in [6, 6.07) is 2.08. The molecule has 0 amide bonds. The SMILES string of the molecule is CC[C@@H](N)c1cnc(N)c(C)c1. The van der Waals surface area contributed by atoms with E-state index in [0.717, 1.165) is 17.5 Å². The van der Waals surface area contributed by atoms with E-state index in [1.807, 2.05) is 13.0 Å². The van der Waals surface area contributed by atoms with E-state index in [1.165, 1.54) is 0 Å². The zero-order chi connectivity index (χ0) is 9.14. The monoisotopic (exact) mass is 165 g/mol. The van der Waals surface area contributed by atoms with E-state index in [-0.39, 0.29) is 6.04 Å². The molecule has 1 heterocycles. The Hall–Kier alpha value is -1.09. The van der Waals surface area contributed by atoms with Gasteiger partial charge in [-0.25, -0.2) is 4.98 Å². The van der Waals surface area contributed by atoms with Crippen LogP contribution in [0.5, 0.6) is 0 Å². The van der Waals surface area contributed by atoms with Crippen LogP contribution in [0.4, 0.5) is 5.82 Å². The van der Waals surface area contributed by atoms with E-state index < -0.39 is 0 Å². The second kappa shape index (κ2) is 3.54. The first-order valence-electron chi connectivity index (χ1n) is 4.12. The average molecular weight is 165 g/mol. The summed E-state index contributed by atoms with van der Waals surface area (Å²) in [5.41, 5.74) is 13.5. The number of nitrogens with zero attached hydrogens (tertiary/aromatic N) is 1. The fourth-order valence-electron chi connectivity index (χ4n) is 1.05. The predicted molar refractivity (Wildman–Crippen MR) is 50.6 cm³/mol. The van der Waals surface area contributed by atoms with Crippen LogP contribution in [0, 0.1) is 6.92 Å². The number of pyridine rings is 1. The van der Waals surface area contributed by atoms with Gasteiger partial charge in [0, 0.05) is 12.2 Å². The molecule has 0 aromatic carbocycles. The maximum Gasteiger partial charge on any atom is 0.126 e. The summed E-state index contributed by atoms with van der Waals surface area (Å²) in [4.78, 5) is 4.05. The van der Waals surface area contributed by atoms with Crippen molar-refractivity contribution in [3.8, 4) is 0 Å². The number of anilines is 1. The number of hydrogen-bond acceptors (Lipinski definition) is 3. The topological polar surface area (TPSA) is 64.9 Å². The maximum atomic E-state index is 5.83. The van der Waals surface area contributed by atoms with Gasteiger partial charge in [0.2, 0.25) is 0 Å². The number of rotatable bonds is 2. The van der Waals surface area contributed by atoms with E-state index in [1.54, 1.807) is 6.20 Å². The van der Waals surface area contributed by atoms with Gasteiger partial charge >= 0.3 is 0 Å². The predicted octanol–water partition coefficient (Wildman–Crippen LogP) is 1.38. The largest absolute Gasteiger partial charge is 0.383 e. The van der Waals surface area contributed by atoms with Crippen LogP contribution >= 0.6 is 0 Å². The van der Waals surface area contributed by atoms with Crippen molar-refractivity contribution in [2.45, 2.75) is 26.3 Å². The van der Waals surface area contributed by atoms with Crippen molar-refractivity contribution in [1.29, 1.82) is 0 Å². The highest BCUT2D eigenvalue weighted by molar-refractivity contribution is 5.40. The van der Waals surface area contributed by atoms with Crippen molar-refractivity contribution in [2.75, 3.05) is 5.73 Å². The zero-order valence-corrected chi connectivity index (χ0v) is 7.54. The van der Waals surface area contributed by atoms with Crippen molar-refractivity contribution < 1.29 is 0 Å². The van der Waals surface area contributed by atoms with E-state index in [0.29, 0.717) is 5.82 Å². The van der Waals surface area contributed by atoms with Crippen LogP contribution in [0.3, 0.4) is 0 Å². The Balaban J connectivity index is 2.96. The number of hydrogen-bond donors (Lipinski definition) is 2. The van der Waals surface area contributed by atoms with E-state index in [9.17, 15) is 0 Å². The number of nitrogens with two attached hydrogens (primary N) is 2. The molecule has 1 aromatic heterocycles. The van der Waals surface area contributed by atoms with Crippen LogP contribution in [0.2, 0.25) is 0 Å². The van der Waals surface area contributed by atoms with Gasteiger partial charge in [0.05, 0.1) is 0 Å². The first-order chi connectivity index (χ1) is 5.65. The Bertz CT molecular complexity index is 270. The zero-order valence-electron chi connectivity index (χ0n) is 7.54. The summed E-state index contributed by atoms with van der Waals surface area (Å²) in [6.45, 7) is 3.99. The molecule has 0 spiro atoms. The van der Waals surface area contributed by atoms with Crippen LogP contribution in [0.25, 0.3) is 0 Å². The lowest BCUT2D eigenvalue weighted by atomic mass is 10.1. The summed E-state index contributed by atoms with van der Waals surface area (Å²) in [5.74, 6) is 0.585. The molecule has 0 unspecified atom stereocenters. The van der Waals surface area contributed by atoms with E-state index >= 15 is 0 Å². The molecule has 1 atom stereocenters. The molecule has 66 valence electrons. The third kappa shape index (κ3) is 1.74. The van der Waals surface area contributed by atoms with E-state index in [2.05, 4.69) is 11.9 Å². The second-order valence-electron chi connectivity index (χ2n) is 2.99. The highest BCUT2D eigenvalue weighted by atomic mass is 14.8. The minimum Gasteiger partial charge on any atom is -0.383 e. The third-order valence-corrected chi connectivity index (χ3v) is 2.01. The maximum absolute atomic E-state index is 5.83. The normalized spacial score (nSPS) is 12.9. The van der Waals surface area contributed by atoms with Crippen molar-refractivity contribution in [1.82, 2.24) is 4.98 Å². The molecule has 4 N–H and O–H groups in total. The molecule has 0 aliphatic carbocycles. The van der Waals surface area contributed by atoms with Crippen molar-refractivity contribution in [3.05, 3.63) is 23.4 Å². The van der Waals surface area contributed by atoms with Gasteiger partial charge in [-0.15, -0.1) is 0 Å². The molecule has 0 saturated heterocycles.